The molecule has 0 bridgehead atoms. The SMILES string of the molecule is COC(=O)C=Cc1cccc(F)c1NC(=O)C1CCN(c2ccc(F)c(OC)c2)CC1. The van der Waals surface area contributed by atoms with Crippen LogP contribution in [-0.2, 0) is 14.3 Å². The van der Waals surface area contributed by atoms with Crippen LogP contribution in [0, 0.1) is 17.6 Å². The number of para-hydroxylation sites is 1. The monoisotopic (exact) mass is 430 g/mol. The van der Waals surface area contributed by atoms with E-state index in [1.807, 2.05) is 0 Å². The van der Waals surface area contributed by atoms with Gasteiger partial charge in [-0.25, -0.2) is 13.6 Å². The number of rotatable bonds is 6. The Hall–Kier alpha value is -3.42. The fourth-order valence-electron chi connectivity index (χ4n) is 3.51. The van der Waals surface area contributed by atoms with Gasteiger partial charge >= 0.3 is 5.97 Å². The molecule has 0 unspecified atom stereocenters. The summed E-state index contributed by atoms with van der Waals surface area (Å²) in [5, 5.41) is 2.67. The van der Waals surface area contributed by atoms with Crippen LogP contribution in [-0.4, -0.2) is 39.2 Å². The lowest BCUT2D eigenvalue weighted by molar-refractivity contribution is -0.134. The zero-order chi connectivity index (χ0) is 22.4. The average Bonchev–Trinajstić information content (AvgIpc) is 2.79. The van der Waals surface area contributed by atoms with Crippen molar-refractivity contribution in [2.45, 2.75) is 12.8 Å². The normalized spacial score (nSPS) is 14.5. The van der Waals surface area contributed by atoms with Crippen LogP contribution in [0.2, 0.25) is 0 Å². The summed E-state index contributed by atoms with van der Waals surface area (Å²) in [5.74, 6) is -2.00. The van der Waals surface area contributed by atoms with Crippen molar-refractivity contribution in [3.8, 4) is 5.75 Å². The highest BCUT2D eigenvalue weighted by Gasteiger charge is 2.26. The first kappa shape index (κ1) is 22.3. The molecule has 0 radical (unpaired) electrons. The van der Waals surface area contributed by atoms with Gasteiger partial charge in [0.05, 0.1) is 19.9 Å². The number of carbonyl (C=O) groups excluding carboxylic acids is 2. The molecule has 1 aliphatic rings. The van der Waals surface area contributed by atoms with Gasteiger partial charge in [-0.1, -0.05) is 12.1 Å². The summed E-state index contributed by atoms with van der Waals surface area (Å²) < 4.78 is 37.6. The third kappa shape index (κ3) is 5.39. The van der Waals surface area contributed by atoms with Crippen molar-refractivity contribution in [3.05, 3.63) is 59.7 Å². The molecule has 8 heteroatoms. The molecule has 6 nitrogen and oxygen atoms in total. The highest BCUT2D eigenvalue weighted by atomic mass is 19.1. The number of nitrogens with one attached hydrogen (secondary N) is 1. The second kappa shape index (κ2) is 10.1. The van der Waals surface area contributed by atoms with Crippen LogP contribution in [0.25, 0.3) is 6.08 Å². The van der Waals surface area contributed by atoms with E-state index in [1.54, 1.807) is 18.2 Å². The number of hydrogen-bond donors (Lipinski definition) is 1. The Morgan fingerprint density at radius 2 is 1.84 bits per heavy atom. The lowest BCUT2D eigenvalue weighted by Crippen LogP contribution is -2.38. The van der Waals surface area contributed by atoms with Crippen molar-refractivity contribution in [2.75, 3.05) is 37.5 Å². The van der Waals surface area contributed by atoms with Gasteiger partial charge in [0.1, 0.15) is 5.82 Å². The molecule has 164 valence electrons. The van der Waals surface area contributed by atoms with Crippen LogP contribution >= 0.6 is 0 Å². The molecule has 31 heavy (non-hydrogen) atoms. The van der Waals surface area contributed by atoms with Crippen molar-refractivity contribution < 1.29 is 27.8 Å². The molecular formula is C23H24F2N2O4. The number of hydrogen-bond acceptors (Lipinski definition) is 5. The molecule has 3 rings (SSSR count). The van der Waals surface area contributed by atoms with Crippen LogP contribution in [0.1, 0.15) is 18.4 Å². The Bertz CT molecular complexity index is 986. The number of halogens is 2. The summed E-state index contributed by atoms with van der Waals surface area (Å²) in [7, 11) is 2.66. The molecule has 0 aliphatic carbocycles. The summed E-state index contributed by atoms with van der Waals surface area (Å²) in [6.07, 6.45) is 3.69. The minimum absolute atomic E-state index is 0.0263. The van der Waals surface area contributed by atoms with Crippen LogP contribution in [0.15, 0.2) is 42.5 Å². The van der Waals surface area contributed by atoms with Crippen molar-refractivity contribution in [1.82, 2.24) is 0 Å². The maximum Gasteiger partial charge on any atom is 0.330 e. The van der Waals surface area contributed by atoms with E-state index in [-0.39, 0.29) is 23.3 Å². The first-order valence-electron chi connectivity index (χ1n) is 9.86. The molecule has 1 saturated heterocycles. The molecular weight excluding hydrogens is 406 g/mol. The van der Waals surface area contributed by atoms with Crippen LogP contribution in [0.4, 0.5) is 20.2 Å². The molecule has 1 aliphatic heterocycles. The van der Waals surface area contributed by atoms with E-state index in [0.29, 0.717) is 31.5 Å². The van der Waals surface area contributed by atoms with Gasteiger partial charge in [0.15, 0.2) is 11.6 Å². The minimum Gasteiger partial charge on any atom is -0.494 e. The maximum absolute atomic E-state index is 14.4. The predicted molar refractivity (Wildman–Crippen MR) is 114 cm³/mol. The third-order valence-electron chi connectivity index (χ3n) is 5.26. The summed E-state index contributed by atoms with van der Waals surface area (Å²) in [4.78, 5) is 26.2. The van der Waals surface area contributed by atoms with Crippen molar-refractivity contribution in [1.29, 1.82) is 0 Å². The summed E-state index contributed by atoms with van der Waals surface area (Å²) >= 11 is 0. The number of nitrogens with zero attached hydrogens (tertiary/aromatic N) is 1. The van der Waals surface area contributed by atoms with E-state index in [4.69, 9.17) is 4.74 Å². The first-order chi connectivity index (χ1) is 14.9. The Kier molecular flexibility index (Phi) is 7.23. The zero-order valence-electron chi connectivity index (χ0n) is 17.4. The first-order valence-corrected chi connectivity index (χ1v) is 9.86. The Balaban J connectivity index is 1.66. The number of anilines is 2. The van der Waals surface area contributed by atoms with Crippen LogP contribution in [0.3, 0.4) is 0 Å². The smallest absolute Gasteiger partial charge is 0.330 e. The summed E-state index contributed by atoms with van der Waals surface area (Å²) in [5.41, 5.74) is 1.22. The standard InChI is InChI=1S/C23H24F2N2O4/c1-30-20-14-17(7-8-18(20)24)27-12-10-16(11-13-27)23(29)26-22-15(4-3-5-19(22)25)6-9-21(28)31-2/h3-9,14,16H,10-13H2,1-2H3,(H,26,29). The summed E-state index contributed by atoms with van der Waals surface area (Å²) in [6.45, 7) is 1.19. The van der Waals surface area contributed by atoms with Crippen molar-refractivity contribution >= 4 is 29.3 Å². The second-order valence-electron chi connectivity index (χ2n) is 7.13. The molecule has 2 aromatic carbocycles. The molecule has 1 N–H and O–H groups in total. The van der Waals surface area contributed by atoms with Crippen molar-refractivity contribution in [3.63, 3.8) is 0 Å². The molecule has 0 spiro atoms. The lowest BCUT2D eigenvalue weighted by Gasteiger charge is -2.33. The molecule has 0 atom stereocenters. The minimum atomic E-state index is -0.587. The van der Waals surface area contributed by atoms with Crippen LogP contribution < -0.4 is 15.0 Å². The number of amides is 1. The van der Waals surface area contributed by atoms with Gasteiger partial charge in [-0.2, -0.15) is 0 Å². The van der Waals surface area contributed by atoms with E-state index in [0.717, 1.165) is 5.69 Å². The highest BCUT2D eigenvalue weighted by molar-refractivity contribution is 5.96. The molecule has 1 amide bonds. The Morgan fingerprint density at radius 3 is 2.52 bits per heavy atom. The number of piperidine rings is 1. The van der Waals surface area contributed by atoms with Gasteiger partial charge in [0.25, 0.3) is 0 Å². The molecule has 0 saturated carbocycles. The largest absolute Gasteiger partial charge is 0.494 e. The number of esters is 1. The zero-order valence-corrected chi connectivity index (χ0v) is 17.4. The Morgan fingerprint density at radius 1 is 1.10 bits per heavy atom. The van der Waals surface area contributed by atoms with E-state index in [2.05, 4.69) is 15.0 Å². The number of ether oxygens (including phenoxy) is 2. The molecule has 1 fully saturated rings. The predicted octanol–water partition coefficient (Wildman–Crippen LogP) is 4.01. The van der Waals surface area contributed by atoms with E-state index >= 15 is 0 Å². The molecule has 1 heterocycles. The van der Waals surface area contributed by atoms with Crippen LogP contribution in [0.5, 0.6) is 5.75 Å². The Labute approximate surface area is 179 Å². The van der Waals surface area contributed by atoms with Gasteiger partial charge in [0.2, 0.25) is 5.91 Å². The van der Waals surface area contributed by atoms with Gasteiger partial charge < -0.3 is 19.7 Å². The number of methoxy groups -OCH3 is 2. The maximum atomic E-state index is 14.4. The van der Waals surface area contributed by atoms with Gasteiger partial charge in [-0.3, -0.25) is 4.79 Å². The fourth-order valence-corrected chi connectivity index (χ4v) is 3.51. The van der Waals surface area contributed by atoms with E-state index in [9.17, 15) is 18.4 Å². The van der Waals surface area contributed by atoms with E-state index in [1.165, 1.54) is 44.6 Å². The quantitative estimate of drug-likeness (QED) is 0.554. The van der Waals surface area contributed by atoms with Gasteiger partial charge in [-0.15, -0.1) is 0 Å². The number of benzene rings is 2. The second-order valence-corrected chi connectivity index (χ2v) is 7.13. The topological polar surface area (TPSA) is 67.9 Å². The molecule has 0 aromatic heterocycles. The van der Waals surface area contributed by atoms with Gasteiger partial charge in [0, 0.05) is 42.4 Å². The lowest BCUT2D eigenvalue weighted by atomic mass is 9.95. The summed E-state index contributed by atoms with van der Waals surface area (Å²) in [6, 6.07) is 9.01. The fraction of sp³-hybridized carbons (Fsp3) is 0.304. The number of carbonyl (C=O) groups is 2. The van der Waals surface area contributed by atoms with Gasteiger partial charge in [-0.05, 0) is 37.1 Å². The van der Waals surface area contributed by atoms with E-state index < -0.39 is 17.6 Å². The average molecular weight is 430 g/mol. The van der Waals surface area contributed by atoms with Crippen molar-refractivity contribution in [2.24, 2.45) is 5.92 Å². The highest BCUT2D eigenvalue weighted by Crippen LogP contribution is 2.29. The third-order valence-corrected chi connectivity index (χ3v) is 5.26. The molecule has 2 aromatic rings.